The standard InChI is InChI=1S/C23H16Cl2N2O4/c1-30-20-12-15(26-22(28)16-11-14(24)6-8-17(16)25)7-9-18(20)27-23(29)21-10-13-4-2-3-5-19(13)31-21/h2-12H,1H3,(H,26,28)(H,27,29). The van der Waals surface area contributed by atoms with E-state index >= 15 is 0 Å². The molecule has 0 saturated carbocycles. The van der Waals surface area contributed by atoms with Gasteiger partial charge in [0.2, 0.25) is 0 Å². The second-order valence-corrected chi connectivity index (χ2v) is 7.44. The number of furan rings is 1. The molecule has 1 aromatic heterocycles. The van der Waals surface area contributed by atoms with Crippen LogP contribution >= 0.6 is 23.2 Å². The first-order valence-corrected chi connectivity index (χ1v) is 9.94. The normalized spacial score (nSPS) is 10.7. The molecule has 0 saturated heterocycles. The van der Waals surface area contributed by atoms with E-state index in [0.29, 0.717) is 27.7 Å². The number of rotatable bonds is 5. The summed E-state index contributed by atoms with van der Waals surface area (Å²) in [5.41, 5.74) is 1.75. The fourth-order valence-corrected chi connectivity index (χ4v) is 3.40. The molecule has 156 valence electrons. The largest absolute Gasteiger partial charge is 0.494 e. The molecule has 0 aliphatic heterocycles. The number of anilines is 2. The molecule has 1 heterocycles. The molecule has 0 spiro atoms. The second kappa shape index (κ2) is 8.71. The van der Waals surface area contributed by atoms with Crippen molar-refractivity contribution in [1.29, 1.82) is 0 Å². The predicted molar refractivity (Wildman–Crippen MR) is 122 cm³/mol. The first kappa shape index (κ1) is 20.8. The van der Waals surface area contributed by atoms with Crippen LogP contribution in [0.3, 0.4) is 0 Å². The lowest BCUT2D eigenvalue weighted by molar-refractivity contribution is 0.0996. The SMILES string of the molecule is COc1cc(NC(=O)c2cc(Cl)ccc2Cl)ccc1NC(=O)c1cc2ccccc2o1. The highest BCUT2D eigenvalue weighted by Gasteiger charge is 2.16. The lowest BCUT2D eigenvalue weighted by atomic mass is 10.2. The van der Waals surface area contributed by atoms with E-state index in [2.05, 4.69) is 10.6 Å². The number of para-hydroxylation sites is 1. The van der Waals surface area contributed by atoms with E-state index < -0.39 is 11.8 Å². The zero-order chi connectivity index (χ0) is 22.0. The molecule has 6 nitrogen and oxygen atoms in total. The van der Waals surface area contributed by atoms with Gasteiger partial charge in [0.05, 0.1) is 23.4 Å². The Labute approximate surface area is 187 Å². The molecule has 2 amide bonds. The Bertz CT molecular complexity index is 1270. The number of carbonyl (C=O) groups is 2. The molecule has 0 fully saturated rings. The van der Waals surface area contributed by atoms with E-state index in [4.69, 9.17) is 32.4 Å². The number of benzene rings is 3. The maximum atomic E-state index is 12.6. The van der Waals surface area contributed by atoms with Crippen LogP contribution in [-0.4, -0.2) is 18.9 Å². The fraction of sp³-hybridized carbons (Fsp3) is 0.0435. The average molecular weight is 455 g/mol. The quantitative estimate of drug-likeness (QED) is 0.373. The van der Waals surface area contributed by atoms with E-state index in [1.807, 2.05) is 18.2 Å². The Kier molecular flexibility index (Phi) is 5.84. The average Bonchev–Trinajstić information content (AvgIpc) is 3.21. The molecule has 31 heavy (non-hydrogen) atoms. The van der Waals surface area contributed by atoms with Crippen LogP contribution in [0.1, 0.15) is 20.9 Å². The van der Waals surface area contributed by atoms with Gasteiger partial charge >= 0.3 is 0 Å². The van der Waals surface area contributed by atoms with Crippen molar-refractivity contribution in [1.82, 2.24) is 0 Å². The van der Waals surface area contributed by atoms with Crippen molar-refractivity contribution in [3.8, 4) is 5.75 Å². The first-order chi connectivity index (χ1) is 14.9. The monoisotopic (exact) mass is 454 g/mol. The van der Waals surface area contributed by atoms with Crippen molar-refractivity contribution in [2.45, 2.75) is 0 Å². The summed E-state index contributed by atoms with van der Waals surface area (Å²) in [4.78, 5) is 25.2. The number of nitrogens with one attached hydrogen (secondary N) is 2. The maximum absolute atomic E-state index is 12.6. The van der Waals surface area contributed by atoms with Crippen LogP contribution in [0.5, 0.6) is 5.75 Å². The van der Waals surface area contributed by atoms with Crippen LogP contribution in [0, 0.1) is 0 Å². The number of methoxy groups -OCH3 is 1. The highest BCUT2D eigenvalue weighted by Crippen LogP contribution is 2.30. The highest BCUT2D eigenvalue weighted by atomic mass is 35.5. The topological polar surface area (TPSA) is 80.6 Å². The van der Waals surface area contributed by atoms with E-state index in [9.17, 15) is 9.59 Å². The van der Waals surface area contributed by atoms with Gasteiger partial charge in [0.25, 0.3) is 11.8 Å². The molecule has 3 aromatic carbocycles. The molecule has 0 radical (unpaired) electrons. The third-order valence-corrected chi connectivity index (χ3v) is 5.09. The summed E-state index contributed by atoms with van der Waals surface area (Å²) in [6, 6.07) is 18.5. The van der Waals surface area contributed by atoms with E-state index in [-0.39, 0.29) is 16.3 Å². The van der Waals surface area contributed by atoms with Gasteiger partial charge in [0, 0.05) is 22.2 Å². The Morgan fingerprint density at radius 3 is 2.48 bits per heavy atom. The van der Waals surface area contributed by atoms with Crippen LogP contribution in [0.2, 0.25) is 10.0 Å². The Morgan fingerprint density at radius 1 is 0.903 bits per heavy atom. The number of hydrogen-bond donors (Lipinski definition) is 2. The van der Waals surface area contributed by atoms with Gasteiger partial charge in [0.15, 0.2) is 5.76 Å². The molecule has 0 aliphatic rings. The first-order valence-electron chi connectivity index (χ1n) is 9.19. The van der Waals surface area contributed by atoms with Crippen molar-refractivity contribution in [3.63, 3.8) is 0 Å². The summed E-state index contributed by atoms with van der Waals surface area (Å²) in [6.07, 6.45) is 0. The number of fused-ring (bicyclic) bond motifs is 1. The summed E-state index contributed by atoms with van der Waals surface area (Å²) >= 11 is 12.0. The van der Waals surface area contributed by atoms with E-state index in [1.165, 1.54) is 13.2 Å². The van der Waals surface area contributed by atoms with Gasteiger partial charge in [-0.2, -0.15) is 0 Å². The van der Waals surface area contributed by atoms with Gasteiger partial charge < -0.3 is 19.8 Å². The fourth-order valence-electron chi connectivity index (χ4n) is 3.02. The van der Waals surface area contributed by atoms with Gasteiger partial charge in [-0.25, -0.2) is 0 Å². The molecule has 0 aliphatic carbocycles. The number of hydrogen-bond acceptors (Lipinski definition) is 4. The zero-order valence-electron chi connectivity index (χ0n) is 16.2. The van der Waals surface area contributed by atoms with Crippen molar-refractivity contribution >= 4 is 57.4 Å². The predicted octanol–water partition coefficient (Wildman–Crippen LogP) is 6.25. The molecule has 0 unspecified atom stereocenters. The van der Waals surface area contributed by atoms with Crippen molar-refractivity contribution < 1.29 is 18.7 Å². The Balaban J connectivity index is 1.53. The number of ether oxygens (including phenoxy) is 1. The molecular weight excluding hydrogens is 439 g/mol. The summed E-state index contributed by atoms with van der Waals surface area (Å²) in [5.74, 6) is -0.304. The number of carbonyl (C=O) groups excluding carboxylic acids is 2. The summed E-state index contributed by atoms with van der Waals surface area (Å²) in [7, 11) is 1.46. The smallest absolute Gasteiger partial charge is 0.291 e. The van der Waals surface area contributed by atoms with Crippen molar-refractivity contribution in [3.05, 3.63) is 88.1 Å². The molecule has 4 aromatic rings. The molecule has 2 N–H and O–H groups in total. The minimum absolute atomic E-state index is 0.177. The Morgan fingerprint density at radius 2 is 1.71 bits per heavy atom. The van der Waals surface area contributed by atoms with Crippen LogP contribution in [0.4, 0.5) is 11.4 Å². The summed E-state index contributed by atoms with van der Waals surface area (Å²) in [6.45, 7) is 0. The molecule has 8 heteroatoms. The zero-order valence-corrected chi connectivity index (χ0v) is 17.8. The van der Waals surface area contributed by atoms with Crippen molar-refractivity contribution in [2.24, 2.45) is 0 Å². The van der Waals surface area contributed by atoms with Crippen molar-refractivity contribution in [2.75, 3.05) is 17.7 Å². The van der Waals surface area contributed by atoms with Crippen LogP contribution in [0.25, 0.3) is 11.0 Å². The van der Waals surface area contributed by atoms with Gasteiger partial charge in [-0.3, -0.25) is 9.59 Å². The Hall–Kier alpha value is -3.48. The number of amides is 2. The minimum Gasteiger partial charge on any atom is -0.494 e. The minimum atomic E-state index is -0.423. The third kappa shape index (κ3) is 4.50. The third-order valence-electron chi connectivity index (χ3n) is 4.53. The maximum Gasteiger partial charge on any atom is 0.291 e. The van der Waals surface area contributed by atoms with Gasteiger partial charge in [-0.1, -0.05) is 41.4 Å². The van der Waals surface area contributed by atoms with Crippen LogP contribution in [0.15, 0.2) is 71.1 Å². The van der Waals surface area contributed by atoms with Gasteiger partial charge in [-0.05, 0) is 42.5 Å². The second-order valence-electron chi connectivity index (χ2n) is 6.60. The number of halogens is 2. The van der Waals surface area contributed by atoms with Crippen LogP contribution < -0.4 is 15.4 Å². The van der Waals surface area contributed by atoms with E-state index in [0.717, 1.165) is 5.39 Å². The highest BCUT2D eigenvalue weighted by molar-refractivity contribution is 6.36. The lowest BCUT2D eigenvalue weighted by Gasteiger charge is -2.12. The summed E-state index contributed by atoms with van der Waals surface area (Å²) < 4.78 is 11.0. The van der Waals surface area contributed by atoms with Crippen LogP contribution in [-0.2, 0) is 0 Å². The van der Waals surface area contributed by atoms with Gasteiger partial charge in [-0.15, -0.1) is 0 Å². The molecule has 4 rings (SSSR count). The van der Waals surface area contributed by atoms with E-state index in [1.54, 1.807) is 42.5 Å². The van der Waals surface area contributed by atoms with Gasteiger partial charge in [0.1, 0.15) is 11.3 Å². The molecular formula is C23H16Cl2N2O4. The molecule has 0 atom stereocenters. The lowest BCUT2D eigenvalue weighted by Crippen LogP contribution is -2.14. The summed E-state index contributed by atoms with van der Waals surface area (Å²) in [5, 5.41) is 7.01. The molecule has 0 bridgehead atoms.